The van der Waals surface area contributed by atoms with Gasteiger partial charge in [0.2, 0.25) is 0 Å². The summed E-state index contributed by atoms with van der Waals surface area (Å²) in [6.45, 7) is 1.66. The standard InChI is InChI=1S/C10H9N3O2/c1-7-9(10(14)15)6-13(12-7)8-3-2-4-11-5-8/h2-6H,1H3,(H,14,15). The Morgan fingerprint density at radius 1 is 1.53 bits per heavy atom. The molecule has 2 heterocycles. The van der Waals surface area contributed by atoms with E-state index in [4.69, 9.17) is 5.11 Å². The van der Waals surface area contributed by atoms with Crippen LogP contribution in [0.3, 0.4) is 0 Å². The summed E-state index contributed by atoms with van der Waals surface area (Å²) in [5.41, 5.74) is 1.44. The van der Waals surface area contributed by atoms with Gasteiger partial charge in [-0.05, 0) is 19.1 Å². The first kappa shape index (κ1) is 9.39. The highest BCUT2D eigenvalue weighted by atomic mass is 16.4. The zero-order valence-electron chi connectivity index (χ0n) is 8.08. The van der Waals surface area contributed by atoms with Crippen molar-refractivity contribution >= 4 is 5.97 Å². The number of carboxylic acid groups (broad SMARTS) is 1. The molecular formula is C10H9N3O2. The first-order valence-electron chi connectivity index (χ1n) is 4.38. The van der Waals surface area contributed by atoms with Crippen LogP contribution in [-0.4, -0.2) is 25.8 Å². The van der Waals surface area contributed by atoms with E-state index >= 15 is 0 Å². The van der Waals surface area contributed by atoms with Crippen LogP contribution >= 0.6 is 0 Å². The van der Waals surface area contributed by atoms with Crippen LogP contribution in [0.2, 0.25) is 0 Å². The Kier molecular flexibility index (Phi) is 2.21. The van der Waals surface area contributed by atoms with E-state index in [1.165, 1.54) is 10.9 Å². The summed E-state index contributed by atoms with van der Waals surface area (Å²) in [7, 11) is 0. The highest BCUT2D eigenvalue weighted by Crippen LogP contribution is 2.10. The van der Waals surface area contributed by atoms with Crippen LogP contribution in [0.1, 0.15) is 16.1 Å². The van der Waals surface area contributed by atoms with E-state index in [9.17, 15) is 4.79 Å². The van der Waals surface area contributed by atoms with Gasteiger partial charge >= 0.3 is 5.97 Å². The van der Waals surface area contributed by atoms with E-state index in [0.717, 1.165) is 5.69 Å². The summed E-state index contributed by atoms with van der Waals surface area (Å²) in [4.78, 5) is 14.7. The molecule has 0 saturated heterocycles. The summed E-state index contributed by atoms with van der Waals surface area (Å²) >= 11 is 0. The van der Waals surface area contributed by atoms with Crippen LogP contribution in [0, 0.1) is 6.92 Å². The summed E-state index contributed by atoms with van der Waals surface area (Å²) in [5.74, 6) is -0.970. The summed E-state index contributed by atoms with van der Waals surface area (Å²) in [6, 6.07) is 3.58. The molecule has 1 N–H and O–H groups in total. The second-order valence-corrected chi connectivity index (χ2v) is 3.09. The molecular weight excluding hydrogens is 194 g/mol. The monoisotopic (exact) mass is 203 g/mol. The molecule has 0 atom stereocenters. The highest BCUT2D eigenvalue weighted by Gasteiger charge is 2.12. The van der Waals surface area contributed by atoms with Gasteiger partial charge < -0.3 is 5.11 Å². The second-order valence-electron chi connectivity index (χ2n) is 3.09. The third-order valence-electron chi connectivity index (χ3n) is 2.04. The Hall–Kier alpha value is -2.17. The average Bonchev–Trinajstić information content (AvgIpc) is 2.62. The van der Waals surface area contributed by atoms with E-state index in [2.05, 4.69) is 10.1 Å². The molecule has 15 heavy (non-hydrogen) atoms. The first-order valence-corrected chi connectivity index (χ1v) is 4.38. The third kappa shape index (κ3) is 1.71. The van der Waals surface area contributed by atoms with Gasteiger partial charge in [-0.2, -0.15) is 5.10 Å². The Morgan fingerprint density at radius 2 is 2.33 bits per heavy atom. The number of aromatic nitrogens is 3. The molecule has 0 radical (unpaired) electrons. The largest absolute Gasteiger partial charge is 0.478 e. The Labute approximate surface area is 86.0 Å². The number of rotatable bonds is 2. The molecule has 5 heteroatoms. The topological polar surface area (TPSA) is 68.0 Å². The van der Waals surface area contributed by atoms with Gasteiger partial charge in [0.1, 0.15) is 5.56 Å². The Bertz CT molecular complexity index is 491. The summed E-state index contributed by atoms with van der Waals surface area (Å²) < 4.78 is 1.51. The minimum Gasteiger partial charge on any atom is -0.478 e. The Balaban J connectivity index is 2.48. The third-order valence-corrected chi connectivity index (χ3v) is 2.04. The minimum atomic E-state index is -0.970. The second kappa shape index (κ2) is 3.53. The van der Waals surface area contributed by atoms with Crippen molar-refractivity contribution in [1.82, 2.24) is 14.8 Å². The lowest BCUT2D eigenvalue weighted by atomic mass is 10.3. The molecule has 0 amide bonds. The van der Waals surface area contributed by atoms with Gasteiger partial charge in [-0.25, -0.2) is 9.48 Å². The van der Waals surface area contributed by atoms with E-state index in [1.54, 1.807) is 25.4 Å². The van der Waals surface area contributed by atoms with Crippen molar-refractivity contribution < 1.29 is 9.90 Å². The van der Waals surface area contributed by atoms with Crippen molar-refractivity contribution in [2.75, 3.05) is 0 Å². The van der Waals surface area contributed by atoms with Crippen LogP contribution in [0.15, 0.2) is 30.7 Å². The summed E-state index contributed by atoms with van der Waals surface area (Å²) in [6.07, 6.45) is 4.75. The SMILES string of the molecule is Cc1nn(-c2cccnc2)cc1C(=O)O. The van der Waals surface area contributed by atoms with Crippen LogP contribution < -0.4 is 0 Å². The highest BCUT2D eigenvalue weighted by molar-refractivity contribution is 5.88. The number of hydrogen-bond donors (Lipinski definition) is 1. The van der Waals surface area contributed by atoms with Crippen LogP contribution in [0.4, 0.5) is 0 Å². The van der Waals surface area contributed by atoms with Crippen molar-refractivity contribution in [3.63, 3.8) is 0 Å². The molecule has 0 fully saturated rings. The van der Waals surface area contributed by atoms with Crippen molar-refractivity contribution in [3.8, 4) is 5.69 Å². The van der Waals surface area contributed by atoms with Crippen LogP contribution in [0.25, 0.3) is 5.69 Å². The minimum absolute atomic E-state index is 0.207. The first-order chi connectivity index (χ1) is 7.18. The molecule has 0 unspecified atom stereocenters. The fourth-order valence-electron chi connectivity index (χ4n) is 1.29. The maximum Gasteiger partial charge on any atom is 0.339 e. The van der Waals surface area contributed by atoms with Crippen molar-refractivity contribution in [2.24, 2.45) is 0 Å². The lowest BCUT2D eigenvalue weighted by Gasteiger charge is -1.97. The van der Waals surface area contributed by atoms with Crippen molar-refractivity contribution in [2.45, 2.75) is 6.92 Å². The molecule has 0 aromatic carbocycles. The van der Waals surface area contributed by atoms with Gasteiger partial charge in [0.15, 0.2) is 0 Å². The lowest BCUT2D eigenvalue weighted by Crippen LogP contribution is -1.96. The normalized spacial score (nSPS) is 10.2. The van der Waals surface area contributed by atoms with E-state index < -0.39 is 5.97 Å². The predicted octanol–water partition coefficient (Wildman–Crippen LogP) is 1.27. The molecule has 2 aromatic heterocycles. The number of carboxylic acids is 1. The van der Waals surface area contributed by atoms with Gasteiger partial charge in [-0.1, -0.05) is 0 Å². The van der Waals surface area contributed by atoms with Gasteiger partial charge in [0.25, 0.3) is 0 Å². The number of nitrogens with zero attached hydrogens (tertiary/aromatic N) is 3. The lowest BCUT2D eigenvalue weighted by molar-refractivity contribution is 0.0696. The number of pyridine rings is 1. The van der Waals surface area contributed by atoms with Gasteiger partial charge in [-0.15, -0.1) is 0 Å². The fourth-order valence-corrected chi connectivity index (χ4v) is 1.29. The van der Waals surface area contributed by atoms with Crippen LogP contribution in [-0.2, 0) is 0 Å². The molecule has 0 spiro atoms. The smallest absolute Gasteiger partial charge is 0.339 e. The molecule has 0 saturated carbocycles. The molecule has 0 aliphatic heterocycles. The molecule has 5 nitrogen and oxygen atoms in total. The molecule has 2 aromatic rings. The summed E-state index contributed by atoms with van der Waals surface area (Å²) in [5, 5.41) is 13.0. The van der Waals surface area contributed by atoms with Gasteiger partial charge in [0.05, 0.1) is 17.6 Å². The number of aromatic carboxylic acids is 1. The molecule has 0 aliphatic rings. The Morgan fingerprint density at radius 3 is 2.87 bits per heavy atom. The maximum atomic E-state index is 10.8. The van der Waals surface area contributed by atoms with Crippen molar-refractivity contribution in [3.05, 3.63) is 42.0 Å². The van der Waals surface area contributed by atoms with E-state index in [-0.39, 0.29) is 5.56 Å². The molecule has 76 valence electrons. The quantitative estimate of drug-likeness (QED) is 0.798. The average molecular weight is 203 g/mol. The number of aryl methyl sites for hydroxylation is 1. The van der Waals surface area contributed by atoms with E-state index in [0.29, 0.717) is 5.69 Å². The zero-order valence-corrected chi connectivity index (χ0v) is 8.08. The van der Waals surface area contributed by atoms with E-state index in [1.807, 2.05) is 6.07 Å². The predicted molar refractivity (Wildman–Crippen MR) is 53.1 cm³/mol. The van der Waals surface area contributed by atoms with Gasteiger partial charge in [-0.3, -0.25) is 4.98 Å². The molecule has 0 aliphatic carbocycles. The number of carbonyl (C=O) groups is 1. The maximum absolute atomic E-state index is 10.8. The molecule has 0 bridgehead atoms. The van der Waals surface area contributed by atoms with Crippen molar-refractivity contribution in [1.29, 1.82) is 0 Å². The number of hydrogen-bond acceptors (Lipinski definition) is 3. The fraction of sp³-hybridized carbons (Fsp3) is 0.100. The molecule has 2 rings (SSSR count). The van der Waals surface area contributed by atoms with Gasteiger partial charge in [0, 0.05) is 12.4 Å². The zero-order chi connectivity index (χ0) is 10.8. The van der Waals surface area contributed by atoms with Crippen LogP contribution in [0.5, 0.6) is 0 Å².